The average Bonchev–Trinajstić information content (AvgIpc) is 2.70. The lowest BCUT2D eigenvalue weighted by atomic mass is 10.00. The first-order valence-corrected chi connectivity index (χ1v) is 8.11. The van der Waals surface area contributed by atoms with E-state index < -0.39 is 10.0 Å². The molecule has 0 aliphatic carbocycles. The highest BCUT2D eigenvalue weighted by molar-refractivity contribution is 7.89. The maximum Gasteiger partial charge on any atom is 0.246 e. The number of furan rings is 1. The topological polar surface area (TPSA) is 62.6 Å². The van der Waals surface area contributed by atoms with E-state index in [0.717, 1.165) is 19.4 Å². The summed E-state index contributed by atoms with van der Waals surface area (Å²) in [6.45, 7) is 5.52. The summed E-state index contributed by atoms with van der Waals surface area (Å²) in [7, 11) is -1.51. The van der Waals surface area contributed by atoms with Crippen LogP contribution in [0.4, 0.5) is 0 Å². The van der Waals surface area contributed by atoms with Crippen molar-refractivity contribution in [3.05, 3.63) is 17.6 Å². The van der Waals surface area contributed by atoms with Gasteiger partial charge in [0.25, 0.3) is 0 Å². The number of hydrogen-bond donors (Lipinski definition) is 1. The number of aryl methyl sites for hydroxylation is 2. The van der Waals surface area contributed by atoms with E-state index >= 15 is 0 Å². The lowest BCUT2D eigenvalue weighted by Gasteiger charge is -2.31. The van der Waals surface area contributed by atoms with Crippen LogP contribution in [0.3, 0.4) is 0 Å². The quantitative estimate of drug-likeness (QED) is 0.911. The third kappa shape index (κ3) is 3.01. The van der Waals surface area contributed by atoms with Gasteiger partial charge in [-0.3, -0.25) is 0 Å². The third-order valence-corrected chi connectivity index (χ3v) is 5.56. The molecule has 19 heavy (non-hydrogen) atoms. The van der Waals surface area contributed by atoms with E-state index in [4.69, 9.17) is 4.42 Å². The summed E-state index contributed by atoms with van der Waals surface area (Å²) < 4.78 is 32.2. The highest BCUT2D eigenvalue weighted by Gasteiger charge is 2.32. The van der Waals surface area contributed by atoms with Gasteiger partial charge in [-0.25, -0.2) is 8.42 Å². The normalized spacial score (nSPS) is 21.7. The predicted octanol–water partition coefficient (Wildman–Crippen LogP) is 1.52. The fourth-order valence-corrected chi connectivity index (χ4v) is 4.48. The first kappa shape index (κ1) is 14.6. The standard InChI is InChI=1S/C13H22N2O3S/c1-10-7-13(11(2)18-10)19(16,17)15-6-4-5-12(9-15)8-14-3/h7,12,14H,4-6,8-9H2,1-3H3. The fourth-order valence-electron chi connectivity index (χ4n) is 2.70. The van der Waals surface area contributed by atoms with Crippen LogP contribution in [0.2, 0.25) is 0 Å². The molecule has 2 heterocycles. The Hall–Kier alpha value is -0.850. The molecule has 5 nitrogen and oxygen atoms in total. The van der Waals surface area contributed by atoms with Crippen molar-refractivity contribution in [3.63, 3.8) is 0 Å². The van der Waals surface area contributed by atoms with E-state index in [0.29, 0.717) is 35.4 Å². The van der Waals surface area contributed by atoms with Gasteiger partial charge in [0.15, 0.2) is 0 Å². The Bertz CT molecular complexity index is 534. The first-order chi connectivity index (χ1) is 8.95. The van der Waals surface area contributed by atoms with Gasteiger partial charge in [0.05, 0.1) is 0 Å². The van der Waals surface area contributed by atoms with Gasteiger partial charge in [0.2, 0.25) is 10.0 Å². The Balaban J connectivity index is 2.22. The number of rotatable bonds is 4. The number of nitrogens with one attached hydrogen (secondary N) is 1. The molecule has 1 unspecified atom stereocenters. The molecule has 0 spiro atoms. The molecule has 108 valence electrons. The van der Waals surface area contributed by atoms with Crippen LogP contribution >= 0.6 is 0 Å². The summed E-state index contributed by atoms with van der Waals surface area (Å²) >= 11 is 0. The lowest BCUT2D eigenvalue weighted by molar-refractivity contribution is 0.263. The number of sulfonamides is 1. The second kappa shape index (κ2) is 5.64. The molecule has 1 N–H and O–H groups in total. The van der Waals surface area contributed by atoms with Crippen molar-refractivity contribution < 1.29 is 12.8 Å². The van der Waals surface area contributed by atoms with Gasteiger partial charge < -0.3 is 9.73 Å². The molecule has 0 saturated carbocycles. The van der Waals surface area contributed by atoms with Gasteiger partial charge in [-0.1, -0.05) is 0 Å². The Labute approximate surface area is 115 Å². The van der Waals surface area contributed by atoms with Crippen molar-refractivity contribution in [1.29, 1.82) is 0 Å². The van der Waals surface area contributed by atoms with Gasteiger partial charge >= 0.3 is 0 Å². The van der Waals surface area contributed by atoms with Gasteiger partial charge in [-0.2, -0.15) is 4.31 Å². The zero-order valence-electron chi connectivity index (χ0n) is 11.8. The minimum Gasteiger partial charge on any atom is -0.465 e. The molecule has 0 aromatic carbocycles. The second-order valence-corrected chi connectivity index (χ2v) is 7.11. The van der Waals surface area contributed by atoms with Crippen LogP contribution in [0.5, 0.6) is 0 Å². The van der Waals surface area contributed by atoms with E-state index in [2.05, 4.69) is 5.32 Å². The van der Waals surface area contributed by atoms with Gasteiger partial charge in [0.1, 0.15) is 16.4 Å². The van der Waals surface area contributed by atoms with Gasteiger partial charge in [-0.05, 0) is 52.3 Å². The molecule has 1 atom stereocenters. The highest BCUT2D eigenvalue weighted by Crippen LogP contribution is 2.27. The highest BCUT2D eigenvalue weighted by atomic mass is 32.2. The zero-order chi connectivity index (χ0) is 14.0. The van der Waals surface area contributed by atoms with Gasteiger partial charge in [0, 0.05) is 13.1 Å². The Morgan fingerprint density at radius 3 is 2.79 bits per heavy atom. The van der Waals surface area contributed by atoms with Crippen molar-refractivity contribution in [2.24, 2.45) is 5.92 Å². The van der Waals surface area contributed by atoms with Crippen LogP contribution in [0.1, 0.15) is 24.4 Å². The van der Waals surface area contributed by atoms with Crippen LogP contribution in [0.25, 0.3) is 0 Å². The molecule has 0 bridgehead atoms. The predicted molar refractivity (Wildman–Crippen MR) is 73.6 cm³/mol. The smallest absolute Gasteiger partial charge is 0.246 e. The second-order valence-electron chi connectivity index (χ2n) is 5.21. The largest absolute Gasteiger partial charge is 0.465 e. The minimum atomic E-state index is -3.41. The molecule has 2 rings (SSSR count). The molecular formula is C13H22N2O3S. The Morgan fingerprint density at radius 1 is 1.47 bits per heavy atom. The van der Waals surface area contributed by atoms with Crippen molar-refractivity contribution in [2.45, 2.75) is 31.6 Å². The van der Waals surface area contributed by atoms with Gasteiger partial charge in [-0.15, -0.1) is 0 Å². The molecule has 1 saturated heterocycles. The van der Waals surface area contributed by atoms with Crippen LogP contribution in [0.15, 0.2) is 15.4 Å². The van der Waals surface area contributed by atoms with Crippen LogP contribution in [-0.4, -0.2) is 39.4 Å². The molecule has 0 radical (unpaired) electrons. The number of hydrogen-bond acceptors (Lipinski definition) is 4. The lowest BCUT2D eigenvalue weighted by Crippen LogP contribution is -2.42. The molecule has 1 aliphatic rings. The number of piperidine rings is 1. The SMILES string of the molecule is CNCC1CCCN(S(=O)(=O)c2cc(C)oc2C)C1. The average molecular weight is 286 g/mol. The van der Waals surface area contributed by atoms with Crippen molar-refractivity contribution in [1.82, 2.24) is 9.62 Å². The van der Waals surface area contributed by atoms with E-state index in [1.807, 2.05) is 7.05 Å². The summed E-state index contributed by atoms with van der Waals surface area (Å²) in [5.74, 6) is 1.51. The summed E-state index contributed by atoms with van der Waals surface area (Å²) in [6, 6.07) is 1.62. The van der Waals surface area contributed by atoms with Crippen molar-refractivity contribution in [2.75, 3.05) is 26.7 Å². The summed E-state index contributed by atoms with van der Waals surface area (Å²) in [6.07, 6.45) is 2.00. The molecule has 6 heteroatoms. The molecule has 0 amide bonds. The van der Waals surface area contributed by atoms with Crippen molar-refractivity contribution >= 4 is 10.0 Å². The summed E-state index contributed by atoms with van der Waals surface area (Å²) in [4.78, 5) is 0.315. The van der Waals surface area contributed by atoms with E-state index in [-0.39, 0.29) is 0 Å². The van der Waals surface area contributed by atoms with Crippen LogP contribution < -0.4 is 5.32 Å². The molecule has 1 aromatic heterocycles. The molecule has 1 fully saturated rings. The molecule has 1 aromatic rings. The molecule has 1 aliphatic heterocycles. The van der Waals surface area contributed by atoms with Crippen LogP contribution in [-0.2, 0) is 10.0 Å². The fraction of sp³-hybridized carbons (Fsp3) is 0.692. The third-order valence-electron chi connectivity index (χ3n) is 3.59. The summed E-state index contributed by atoms with van der Waals surface area (Å²) in [5.41, 5.74) is 0. The Kier molecular flexibility index (Phi) is 4.32. The Morgan fingerprint density at radius 2 is 2.21 bits per heavy atom. The van der Waals surface area contributed by atoms with Crippen molar-refractivity contribution in [3.8, 4) is 0 Å². The zero-order valence-corrected chi connectivity index (χ0v) is 12.6. The monoisotopic (exact) mass is 286 g/mol. The number of nitrogens with zero attached hydrogens (tertiary/aromatic N) is 1. The van der Waals surface area contributed by atoms with E-state index in [9.17, 15) is 8.42 Å². The van der Waals surface area contributed by atoms with E-state index in [1.165, 1.54) is 0 Å². The minimum absolute atomic E-state index is 0.315. The van der Waals surface area contributed by atoms with Crippen LogP contribution in [0, 0.1) is 19.8 Å². The van der Waals surface area contributed by atoms with E-state index in [1.54, 1.807) is 24.2 Å². The first-order valence-electron chi connectivity index (χ1n) is 6.67. The summed E-state index contributed by atoms with van der Waals surface area (Å²) in [5, 5.41) is 3.12. The maximum atomic E-state index is 12.6. The maximum absolute atomic E-state index is 12.6. The molecular weight excluding hydrogens is 264 g/mol.